The number of rotatable bonds is 4. The predicted molar refractivity (Wildman–Crippen MR) is 74.8 cm³/mol. The fourth-order valence-corrected chi connectivity index (χ4v) is 2.05. The van der Waals surface area contributed by atoms with E-state index >= 15 is 0 Å². The number of aliphatic carboxylic acids is 1. The van der Waals surface area contributed by atoms with Crippen LogP contribution in [0.3, 0.4) is 0 Å². The summed E-state index contributed by atoms with van der Waals surface area (Å²) in [5.74, 6) is 0.377. The third-order valence-corrected chi connectivity index (χ3v) is 2.98. The molecule has 4 nitrogen and oxygen atoms in total. The summed E-state index contributed by atoms with van der Waals surface area (Å²) in [6, 6.07) is 15.2. The van der Waals surface area contributed by atoms with Gasteiger partial charge in [-0.25, -0.2) is 4.79 Å². The number of carboxylic acids is 1. The van der Waals surface area contributed by atoms with Gasteiger partial charge in [0.25, 0.3) is 0 Å². The molecule has 0 spiro atoms. The number of hydrogen-bond donors (Lipinski definition) is 1. The van der Waals surface area contributed by atoms with E-state index in [1.165, 1.54) is 0 Å². The maximum absolute atomic E-state index is 10.5. The molecule has 0 aliphatic carbocycles. The first-order valence-electron chi connectivity index (χ1n) is 6.15. The summed E-state index contributed by atoms with van der Waals surface area (Å²) in [6.07, 6.45) is 1.64. The normalized spacial score (nSPS) is 10.6. The molecule has 0 saturated heterocycles. The van der Waals surface area contributed by atoms with E-state index in [9.17, 15) is 4.79 Å². The van der Waals surface area contributed by atoms with Crippen LogP contribution in [0.2, 0.25) is 0 Å². The molecule has 0 bridgehead atoms. The minimum atomic E-state index is -0.988. The van der Waals surface area contributed by atoms with Gasteiger partial charge in [-0.2, -0.15) is 0 Å². The summed E-state index contributed by atoms with van der Waals surface area (Å²) in [5, 5.41) is 10.6. The van der Waals surface area contributed by atoms with Crippen LogP contribution in [0.4, 0.5) is 0 Å². The molecule has 0 aliphatic rings. The minimum Gasteiger partial charge on any atom is -0.482 e. The van der Waals surface area contributed by atoms with Gasteiger partial charge in [0.05, 0.1) is 6.26 Å². The number of carbonyl (C=O) groups is 1. The average molecular weight is 268 g/mol. The number of benzene rings is 2. The zero-order valence-corrected chi connectivity index (χ0v) is 10.6. The Morgan fingerprint density at radius 1 is 1.10 bits per heavy atom. The Balaban J connectivity index is 1.93. The monoisotopic (exact) mass is 268 g/mol. The first kappa shape index (κ1) is 12.3. The van der Waals surface area contributed by atoms with E-state index in [0.717, 1.165) is 22.1 Å². The fraction of sp³-hybridized carbons (Fsp3) is 0.0625. The first-order valence-corrected chi connectivity index (χ1v) is 6.15. The van der Waals surface area contributed by atoms with Crippen molar-refractivity contribution in [3.63, 3.8) is 0 Å². The van der Waals surface area contributed by atoms with Gasteiger partial charge in [0.1, 0.15) is 11.5 Å². The quantitative estimate of drug-likeness (QED) is 0.785. The number of furan rings is 1. The van der Waals surface area contributed by atoms with Crippen LogP contribution in [0.25, 0.3) is 22.1 Å². The van der Waals surface area contributed by atoms with Crippen molar-refractivity contribution >= 4 is 16.7 Å². The highest BCUT2D eigenvalue weighted by Crippen LogP contribution is 2.27. The highest BCUT2D eigenvalue weighted by Gasteiger charge is 2.04. The molecule has 3 rings (SSSR count). The minimum absolute atomic E-state index is 0.337. The lowest BCUT2D eigenvalue weighted by Crippen LogP contribution is -2.09. The summed E-state index contributed by atoms with van der Waals surface area (Å²) in [6.45, 7) is -0.337. The summed E-state index contributed by atoms with van der Waals surface area (Å²) in [5.41, 5.74) is 1.00. The Morgan fingerprint density at radius 2 is 1.90 bits per heavy atom. The van der Waals surface area contributed by atoms with E-state index in [0.29, 0.717) is 5.75 Å². The predicted octanol–water partition coefficient (Wildman–Crippen LogP) is 3.56. The summed E-state index contributed by atoms with van der Waals surface area (Å²) in [7, 11) is 0. The Morgan fingerprint density at radius 3 is 2.65 bits per heavy atom. The van der Waals surface area contributed by atoms with Gasteiger partial charge in [-0.05, 0) is 41.1 Å². The smallest absolute Gasteiger partial charge is 0.341 e. The van der Waals surface area contributed by atoms with Crippen molar-refractivity contribution in [2.24, 2.45) is 0 Å². The molecule has 0 unspecified atom stereocenters. The van der Waals surface area contributed by atoms with Crippen LogP contribution in [-0.4, -0.2) is 17.7 Å². The third-order valence-electron chi connectivity index (χ3n) is 2.98. The van der Waals surface area contributed by atoms with Gasteiger partial charge in [-0.1, -0.05) is 18.2 Å². The lowest BCUT2D eigenvalue weighted by molar-refractivity contribution is -0.139. The molecule has 1 N–H and O–H groups in total. The lowest BCUT2D eigenvalue weighted by Gasteiger charge is -2.06. The molecule has 3 aromatic rings. The van der Waals surface area contributed by atoms with Crippen molar-refractivity contribution < 1.29 is 19.1 Å². The topological polar surface area (TPSA) is 59.7 Å². The maximum Gasteiger partial charge on any atom is 0.341 e. The van der Waals surface area contributed by atoms with Crippen LogP contribution in [0, 0.1) is 0 Å². The SMILES string of the molecule is O=C(O)COc1ccc2cc(-c3ccco3)ccc2c1. The van der Waals surface area contributed by atoms with E-state index in [1.807, 2.05) is 42.5 Å². The molecule has 0 amide bonds. The molecule has 0 aliphatic heterocycles. The molecule has 0 atom stereocenters. The Bertz CT molecular complexity index is 744. The van der Waals surface area contributed by atoms with Crippen LogP contribution >= 0.6 is 0 Å². The van der Waals surface area contributed by atoms with E-state index < -0.39 is 5.97 Å². The number of hydrogen-bond acceptors (Lipinski definition) is 3. The zero-order valence-electron chi connectivity index (χ0n) is 10.6. The van der Waals surface area contributed by atoms with Gasteiger partial charge in [0, 0.05) is 5.56 Å². The molecule has 4 heteroatoms. The summed E-state index contributed by atoms with van der Waals surface area (Å²) in [4.78, 5) is 10.5. The first-order chi connectivity index (χ1) is 9.72. The van der Waals surface area contributed by atoms with E-state index in [4.69, 9.17) is 14.3 Å². The van der Waals surface area contributed by atoms with Gasteiger partial charge in [-0.3, -0.25) is 0 Å². The van der Waals surface area contributed by atoms with E-state index in [1.54, 1.807) is 12.3 Å². The molecule has 0 saturated carbocycles. The fourth-order valence-electron chi connectivity index (χ4n) is 2.05. The van der Waals surface area contributed by atoms with Gasteiger partial charge in [0.15, 0.2) is 6.61 Å². The Hall–Kier alpha value is -2.75. The van der Waals surface area contributed by atoms with Gasteiger partial charge in [0.2, 0.25) is 0 Å². The zero-order chi connectivity index (χ0) is 13.9. The Labute approximate surface area is 115 Å². The van der Waals surface area contributed by atoms with Crippen LogP contribution in [0.15, 0.2) is 59.2 Å². The summed E-state index contributed by atoms with van der Waals surface area (Å²) >= 11 is 0. The van der Waals surface area contributed by atoms with Crippen molar-refractivity contribution in [2.75, 3.05) is 6.61 Å². The van der Waals surface area contributed by atoms with Crippen molar-refractivity contribution in [2.45, 2.75) is 0 Å². The number of fused-ring (bicyclic) bond motifs is 1. The third kappa shape index (κ3) is 2.49. The van der Waals surface area contributed by atoms with Gasteiger partial charge < -0.3 is 14.3 Å². The average Bonchev–Trinajstić information content (AvgIpc) is 2.98. The van der Waals surface area contributed by atoms with Crippen molar-refractivity contribution in [1.29, 1.82) is 0 Å². The maximum atomic E-state index is 10.5. The molecule has 1 aromatic heterocycles. The van der Waals surface area contributed by atoms with Crippen LogP contribution < -0.4 is 4.74 Å². The van der Waals surface area contributed by atoms with Crippen molar-refractivity contribution in [3.05, 3.63) is 54.8 Å². The highest BCUT2D eigenvalue weighted by molar-refractivity contribution is 5.87. The second-order valence-electron chi connectivity index (χ2n) is 4.38. The van der Waals surface area contributed by atoms with Crippen molar-refractivity contribution in [3.8, 4) is 17.1 Å². The molecule has 20 heavy (non-hydrogen) atoms. The molecule has 100 valence electrons. The molecule has 0 radical (unpaired) electrons. The molecule has 1 heterocycles. The van der Waals surface area contributed by atoms with Crippen molar-refractivity contribution in [1.82, 2.24) is 0 Å². The van der Waals surface area contributed by atoms with Crippen LogP contribution in [0.5, 0.6) is 5.75 Å². The van der Waals surface area contributed by atoms with Crippen LogP contribution in [-0.2, 0) is 4.79 Å². The standard InChI is InChI=1S/C16H12O4/c17-16(18)10-20-14-6-5-11-8-13(4-3-12(11)9-14)15-2-1-7-19-15/h1-9H,10H2,(H,17,18). The number of ether oxygens (including phenoxy) is 1. The number of carboxylic acid groups (broad SMARTS) is 1. The van der Waals surface area contributed by atoms with Crippen LogP contribution in [0.1, 0.15) is 0 Å². The van der Waals surface area contributed by atoms with Gasteiger partial charge in [-0.15, -0.1) is 0 Å². The van der Waals surface area contributed by atoms with E-state index in [2.05, 4.69) is 0 Å². The molecular weight excluding hydrogens is 256 g/mol. The van der Waals surface area contributed by atoms with Gasteiger partial charge >= 0.3 is 5.97 Å². The molecule has 0 fully saturated rings. The van der Waals surface area contributed by atoms with E-state index in [-0.39, 0.29) is 6.61 Å². The lowest BCUT2D eigenvalue weighted by atomic mass is 10.1. The second kappa shape index (κ2) is 5.09. The molecular formula is C16H12O4. The highest BCUT2D eigenvalue weighted by atomic mass is 16.5. The Kier molecular flexibility index (Phi) is 3.13. The molecule has 2 aromatic carbocycles. The largest absolute Gasteiger partial charge is 0.482 e. The summed E-state index contributed by atoms with van der Waals surface area (Å²) < 4.78 is 10.5. The second-order valence-corrected chi connectivity index (χ2v) is 4.38.